The minimum absolute atomic E-state index is 0.152. The number of carbonyl (C=O) groups is 1. The summed E-state index contributed by atoms with van der Waals surface area (Å²) in [6.07, 6.45) is 1.63. The molecule has 1 amide bonds. The Morgan fingerprint density at radius 1 is 1.15 bits per heavy atom. The molecular weight excluding hydrogens is 348 g/mol. The first-order valence-corrected chi connectivity index (χ1v) is 8.76. The van der Waals surface area contributed by atoms with E-state index in [1.165, 1.54) is 18.3 Å². The zero-order valence-corrected chi connectivity index (χ0v) is 15.2. The van der Waals surface area contributed by atoms with Crippen LogP contribution in [-0.2, 0) is 4.79 Å². The van der Waals surface area contributed by atoms with Crippen LogP contribution in [0.2, 0.25) is 0 Å². The van der Waals surface area contributed by atoms with E-state index in [-0.39, 0.29) is 11.7 Å². The lowest BCUT2D eigenvalue weighted by molar-refractivity contribution is -0.114. The molecule has 3 rings (SSSR count). The quantitative estimate of drug-likeness (QED) is 0.466. The number of carbonyl (C=O) groups excluding carboxylic acids is 1. The number of aromatic nitrogens is 1. The molecule has 0 aliphatic heterocycles. The largest absolute Gasteiger partial charge is 0.508 e. The van der Waals surface area contributed by atoms with Crippen molar-refractivity contribution in [3.8, 4) is 17.0 Å². The standard InChI is InChI=1S/C19H18N4O2S/c1-12-3-7-15(8-4-12)17-18(21-13(2)24)26-19(22-17)23-20-11-14-5-9-16(25)10-6-14/h3-11,25H,1-2H3,(H,21,24)(H,22,23)/b20-11-. The monoisotopic (exact) mass is 366 g/mol. The van der Waals surface area contributed by atoms with Crippen LogP contribution >= 0.6 is 11.3 Å². The van der Waals surface area contributed by atoms with Crippen molar-refractivity contribution in [2.24, 2.45) is 5.10 Å². The number of thiazole rings is 1. The van der Waals surface area contributed by atoms with Gasteiger partial charge in [-0.3, -0.25) is 10.2 Å². The zero-order chi connectivity index (χ0) is 18.5. The van der Waals surface area contributed by atoms with Gasteiger partial charge in [-0.05, 0) is 36.8 Å². The summed E-state index contributed by atoms with van der Waals surface area (Å²) in [5, 5.41) is 17.5. The normalized spacial score (nSPS) is 10.8. The predicted octanol–water partition coefficient (Wildman–Crippen LogP) is 4.23. The van der Waals surface area contributed by atoms with Crippen LogP contribution in [0.5, 0.6) is 5.75 Å². The van der Waals surface area contributed by atoms with E-state index < -0.39 is 0 Å². The van der Waals surface area contributed by atoms with Crippen molar-refractivity contribution in [2.45, 2.75) is 13.8 Å². The smallest absolute Gasteiger partial charge is 0.221 e. The maximum atomic E-state index is 11.5. The Morgan fingerprint density at radius 2 is 1.85 bits per heavy atom. The summed E-state index contributed by atoms with van der Waals surface area (Å²) in [4.78, 5) is 16.0. The number of aromatic hydroxyl groups is 1. The van der Waals surface area contributed by atoms with Crippen LogP contribution in [0.1, 0.15) is 18.1 Å². The fourth-order valence-corrected chi connectivity index (χ4v) is 3.13. The van der Waals surface area contributed by atoms with Gasteiger partial charge in [0.25, 0.3) is 0 Å². The number of phenolic OH excluding ortho intramolecular Hbond substituents is 1. The van der Waals surface area contributed by atoms with Crippen molar-refractivity contribution >= 4 is 33.6 Å². The third kappa shape index (κ3) is 4.46. The van der Waals surface area contributed by atoms with Gasteiger partial charge in [-0.15, -0.1) is 0 Å². The topological polar surface area (TPSA) is 86.6 Å². The molecule has 0 aliphatic rings. The molecule has 3 N–H and O–H groups in total. The van der Waals surface area contributed by atoms with Crippen molar-refractivity contribution in [3.63, 3.8) is 0 Å². The minimum Gasteiger partial charge on any atom is -0.508 e. The Bertz CT molecular complexity index is 931. The molecule has 0 radical (unpaired) electrons. The first-order chi connectivity index (χ1) is 12.5. The molecule has 0 saturated heterocycles. The van der Waals surface area contributed by atoms with E-state index in [9.17, 15) is 9.90 Å². The van der Waals surface area contributed by atoms with E-state index in [0.717, 1.165) is 16.7 Å². The van der Waals surface area contributed by atoms with Crippen molar-refractivity contribution in [1.29, 1.82) is 0 Å². The van der Waals surface area contributed by atoms with E-state index in [1.807, 2.05) is 31.2 Å². The van der Waals surface area contributed by atoms with Crippen LogP contribution in [0.4, 0.5) is 10.1 Å². The van der Waals surface area contributed by atoms with Crippen molar-refractivity contribution in [3.05, 3.63) is 59.7 Å². The number of phenols is 1. The second-order valence-electron chi connectivity index (χ2n) is 5.71. The molecule has 132 valence electrons. The average molecular weight is 366 g/mol. The molecule has 1 heterocycles. The first kappa shape index (κ1) is 17.6. The van der Waals surface area contributed by atoms with Gasteiger partial charge in [0.15, 0.2) is 0 Å². The number of benzene rings is 2. The van der Waals surface area contributed by atoms with Gasteiger partial charge in [0.1, 0.15) is 16.4 Å². The number of nitrogens with zero attached hydrogens (tertiary/aromatic N) is 2. The molecule has 7 heteroatoms. The van der Waals surface area contributed by atoms with Gasteiger partial charge in [-0.1, -0.05) is 41.2 Å². The Hall–Kier alpha value is -3.19. The van der Waals surface area contributed by atoms with Crippen LogP contribution in [0.3, 0.4) is 0 Å². The average Bonchev–Trinajstić information content (AvgIpc) is 2.99. The molecule has 1 aromatic heterocycles. The van der Waals surface area contributed by atoms with E-state index in [4.69, 9.17) is 0 Å². The number of hydrazone groups is 1. The Labute approximate surface area is 155 Å². The SMILES string of the molecule is CC(=O)Nc1sc(N/N=C\c2ccc(O)cc2)nc1-c1ccc(C)cc1. The minimum atomic E-state index is -0.152. The lowest BCUT2D eigenvalue weighted by Gasteiger charge is -2.02. The molecule has 0 atom stereocenters. The number of hydrogen-bond donors (Lipinski definition) is 3. The van der Waals surface area contributed by atoms with Gasteiger partial charge in [0, 0.05) is 12.5 Å². The Kier molecular flexibility index (Phi) is 5.28. The van der Waals surface area contributed by atoms with E-state index in [2.05, 4.69) is 20.8 Å². The number of hydrogen-bond acceptors (Lipinski definition) is 6. The van der Waals surface area contributed by atoms with Crippen molar-refractivity contribution in [1.82, 2.24) is 4.98 Å². The molecular formula is C19H18N4O2S. The highest BCUT2D eigenvalue weighted by Crippen LogP contribution is 2.36. The van der Waals surface area contributed by atoms with Crippen LogP contribution in [0.25, 0.3) is 11.3 Å². The highest BCUT2D eigenvalue weighted by atomic mass is 32.1. The van der Waals surface area contributed by atoms with Gasteiger partial charge in [-0.2, -0.15) is 5.10 Å². The highest BCUT2D eigenvalue weighted by Gasteiger charge is 2.14. The number of aryl methyl sites for hydroxylation is 1. The molecule has 2 aromatic carbocycles. The summed E-state index contributed by atoms with van der Waals surface area (Å²) < 4.78 is 0. The molecule has 0 bridgehead atoms. The van der Waals surface area contributed by atoms with Gasteiger partial charge in [-0.25, -0.2) is 4.98 Å². The van der Waals surface area contributed by atoms with Crippen LogP contribution in [0, 0.1) is 6.92 Å². The second kappa shape index (κ2) is 7.79. The first-order valence-electron chi connectivity index (χ1n) is 7.95. The van der Waals surface area contributed by atoms with E-state index in [0.29, 0.717) is 15.8 Å². The van der Waals surface area contributed by atoms with Crippen LogP contribution in [-0.4, -0.2) is 22.2 Å². The summed E-state index contributed by atoms with van der Waals surface area (Å²) in [7, 11) is 0. The molecule has 6 nitrogen and oxygen atoms in total. The Balaban J connectivity index is 1.82. The summed E-state index contributed by atoms with van der Waals surface area (Å²) in [6.45, 7) is 3.49. The van der Waals surface area contributed by atoms with Crippen LogP contribution in [0.15, 0.2) is 53.6 Å². The highest BCUT2D eigenvalue weighted by molar-refractivity contribution is 7.20. The second-order valence-corrected chi connectivity index (χ2v) is 6.70. The molecule has 26 heavy (non-hydrogen) atoms. The fourth-order valence-electron chi connectivity index (χ4n) is 2.24. The lowest BCUT2D eigenvalue weighted by Crippen LogP contribution is -2.05. The lowest BCUT2D eigenvalue weighted by atomic mass is 10.1. The third-order valence-electron chi connectivity index (χ3n) is 3.51. The fraction of sp³-hybridized carbons (Fsp3) is 0.105. The van der Waals surface area contributed by atoms with Crippen LogP contribution < -0.4 is 10.7 Å². The molecule has 0 aliphatic carbocycles. The van der Waals surface area contributed by atoms with Crippen molar-refractivity contribution < 1.29 is 9.90 Å². The zero-order valence-electron chi connectivity index (χ0n) is 14.4. The van der Waals surface area contributed by atoms with Gasteiger partial charge in [0.05, 0.1) is 6.21 Å². The summed E-state index contributed by atoms with van der Waals surface area (Å²) in [6, 6.07) is 14.6. The number of rotatable bonds is 5. The maximum absolute atomic E-state index is 11.5. The molecule has 0 saturated carbocycles. The number of nitrogens with one attached hydrogen (secondary N) is 2. The van der Waals surface area contributed by atoms with E-state index >= 15 is 0 Å². The van der Waals surface area contributed by atoms with Gasteiger partial charge in [0.2, 0.25) is 11.0 Å². The van der Waals surface area contributed by atoms with Gasteiger partial charge >= 0.3 is 0 Å². The Morgan fingerprint density at radius 3 is 2.50 bits per heavy atom. The third-order valence-corrected chi connectivity index (χ3v) is 4.38. The van der Waals surface area contributed by atoms with Crippen molar-refractivity contribution in [2.75, 3.05) is 10.7 Å². The predicted molar refractivity (Wildman–Crippen MR) is 106 cm³/mol. The summed E-state index contributed by atoms with van der Waals surface area (Å²) >= 11 is 1.32. The number of amides is 1. The maximum Gasteiger partial charge on any atom is 0.221 e. The van der Waals surface area contributed by atoms with E-state index in [1.54, 1.807) is 30.5 Å². The molecule has 3 aromatic rings. The summed E-state index contributed by atoms with van der Waals surface area (Å²) in [5.41, 5.74) is 6.50. The molecule has 0 spiro atoms. The molecule has 0 fully saturated rings. The summed E-state index contributed by atoms with van der Waals surface area (Å²) in [5.74, 6) is 0.0545. The number of anilines is 2. The molecule has 0 unspecified atom stereocenters. The van der Waals surface area contributed by atoms with Gasteiger partial charge < -0.3 is 10.4 Å².